The number of hydrogen-bond donors (Lipinski definition) is 3. The van der Waals surface area contributed by atoms with E-state index in [-0.39, 0.29) is 18.6 Å². The summed E-state index contributed by atoms with van der Waals surface area (Å²) in [6.45, 7) is 0.946. The Bertz CT molecular complexity index is 427. The van der Waals surface area contributed by atoms with Crippen molar-refractivity contribution in [2.24, 2.45) is 0 Å². The summed E-state index contributed by atoms with van der Waals surface area (Å²) in [5.41, 5.74) is 6.98. The molecule has 1 saturated heterocycles. The van der Waals surface area contributed by atoms with E-state index >= 15 is 0 Å². The van der Waals surface area contributed by atoms with Crippen LogP contribution in [-0.2, 0) is 9.53 Å². The molecule has 2 unspecified atom stereocenters. The van der Waals surface area contributed by atoms with Crippen LogP contribution in [0.15, 0.2) is 24.3 Å². The first kappa shape index (κ1) is 14.8. The molecule has 0 aromatic heterocycles. The number of anilines is 1. The Morgan fingerprint density at radius 2 is 2.15 bits per heavy atom. The van der Waals surface area contributed by atoms with Crippen LogP contribution in [0.5, 0.6) is 0 Å². The highest BCUT2D eigenvalue weighted by molar-refractivity contribution is 5.76. The minimum Gasteiger partial charge on any atom is -0.399 e. The molecule has 1 aromatic carbocycles. The number of nitrogen functional groups attached to an aromatic ring is 1. The van der Waals surface area contributed by atoms with Crippen LogP contribution in [0.2, 0.25) is 0 Å². The number of hydrogen-bond acceptors (Lipinski definition) is 4. The molecule has 1 amide bonds. The Kier molecular flexibility index (Phi) is 5.38. The van der Waals surface area contributed by atoms with Gasteiger partial charge in [0.2, 0.25) is 5.91 Å². The fourth-order valence-corrected chi connectivity index (χ4v) is 2.29. The monoisotopic (exact) mass is 278 g/mol. The molecule has 0 saturated carbocycles. The van der Waals surface area contributed by atoms with Gasteiger partial charge in [-0.15, -0.1) is 0 Å². The predicted octanol–water partition coefficient (Wildman–Crippen LogP) is 1.38. The number of aliphatic hydroxyl groups excluding tert-OH is 1. The smallest absolute Gasteiger partial charge is 0.222 e. The maximum Gasteiger partial charge on any atom is 0.222 e. The van der Waals surface area contributed by atoms with Crippen LogP contribution in [0.4, 0.5) is 5.69 Å². The van der Waals surface area contributed by atoms with Crippen molar-refractivity contribution in [1.82, 2.24) is 5.32 Å². The molecule has 1 fully saturated rings. The van der Waals surface area contributed by atoms with E-state index in [0.717, 1.165) is 31.4 Å². The molecule has 110 valence electrons. The van der Waals surface area contributed by atoms with Crippen molar-refractivity contribution in [3.63, 3.8) is 0 Å². The average Bonchev–Trinajstić information content (AvgIpc) is 2.46. The number of ether oxygens (including phenoxy) is 1. The van der Waals surface area contributed by atoms with E-state index in [9.17, 15) is 9.90 Å². The molecule has 0 bridgehead atoms. The van der Waals surface area contributed by atoms with Crippen LogP contribution >= 0.6 is 0 Å². The number of nitrogens with one attached hydrogen (secondary N) is 1. The summed E-state index contributed by atoms with van der Waals surface area (Å²) in [4.78, 5) is 11.8. The number of aliphatic hydroxyl groups is 1. The first-order chi connectivity index (χ1) is 9.65. The lowest BCUT2D eigenvalue weighted by molar-refractivity contribution is -0.125. The standard InChI is InChI=1S/C15H22N2O3/c16-12-6-4-11(5-7-12)14(18)10-17-15(19)9-13-3-1-2-8-20-13/h4-7,13-14,18H,1-3,8-10,16H2,(H,17,19). The molecule has 0 spiro atoms. The highest BCUT2D eigenvalue weighted by atomic mass is 16.5. The van der Waals surface area contributed by atoms with Gasteiger partial charge in [-0.25, -0.2) is 0 Å². The Morgan fingerprint density at radius 3 is 2.80 bits per heavy atom. The van der Waals surface area contributed by atoms with Crippen LogP contribution in [0.3, 0.4) is 0 Å². The van der Waals surface area contributed by atoms with Crippen molar-refractivity contribution in [1.29, 1.82) is 0 Å². The molecule has 2 atom stereocenters. The third-order valence-electron chi connectivity index (χ3n) is 3.50. The fraction of sp³-hybridized carbons (Fsp3) is 0.533. The summed E-state index contributed by atoms with van der Waals surface area (Å²) < 4.78 is 5.52. The second-order valence-corrected chi connectivity index (χ2v) is 5.18. The lowest BCUT2D eigenvalue weighted by Gasteiger charge is -2.22. The van der Waals surface area contributed by atoms with Crippen molar-refractivity contribution < 1.29 is 14.6 Å². The van der Waals surface area contributed by atoms with Crippen LogP contribution in [0, 0.1) is 0 Å². The summed E-state index contributed by atoms with van der Waals surface area (Å²) in [6.07, 6.45) is 2.81. The molecule has 1 aliphatic rings. The number of amides is 1. The van der Waals surface area contributed by atoms with Gasteiger partial charge in [0.05, 0.1) is 18.6 Å². The number of benzene rings is 1. The molecule has 5 nitrogen and oxygen atoms in total. The maximum atomic E-state index is 11.8. The molecule has 1 aliphatic heterocycles. The van der Waals surface area contributed by atoms with Crippen LogP contribution < -0.4 is 11.1 Å². The lowest BCUT2D eigenvalue weighted by atomic mass is 10.1. The topological polar surface area (TPSA) is 84.6 Å². The first-order valence-electron chi connectivity index (χ1n) is 7.07. The van der Waals surface area contributed by atoms with E-state index < -0.39 is 6.10 Å². The zero-order valence-electron chi connectivity index (χ0n) is 11.5. The zero-order valence-corrected chi connectivity index (χ0v) is 11.5. The largest absolute Gasteiger partial charge is 0.399 e. The molecule has 20 heavy (non-hydrogen) atoms. The van der Waals surface area contributed by atoms with Crippen molar-refractivity contribution in [3.8, 4) is 0 Å². The molecule has 0 radical (unpaired) electrons. The van der Waals surface area contributed by atoms with E-state index in [4.69, 9.17) is 10.5 Å². The minimum absolute atomic E-state index is 0.0254. The molecule has 1 aromatic rings. The van der Waals surface area contributed by atoms with E-state index in [1.54, 1.807) is 24.3 Å². The third kappa shape index (κ3) is 4.51. The van der Waals surface area contributed by atoms with E-state index in [2.05, 4.69) is 5.32 Å². The van der Waals surface area contributed by atoms with Crippen molar-refractivity contribution >= 4 is 11.6 Å². The van der Waals surface area contributed by atoms with Gasteiger partial charge in [-0.3, -0.25) is 4.79 Å². The summed E-state index contributed by atoms with van der Waals surface area (Å²) in [6, 6.07) is 6.99. The minimum atomic E-state index is -0.716. The van der Waals surface area contributed by atoms with Gasteiger partial charge >= 0.3 is 0 Å². The molecule has 2 rings (SSSR count). The molecule has 5 heteroatoms. The van der Waals surface area contributed by atoms with Gasteiger partial charge < -0.3 is 20.9 Å². The molecule has 4 N–H and O–H groups in total. The zero-order chi connectivity index (χ0) is 14.4. The Labute approximate surface area is 119 Å². The Balaban J connectivity index is 1.73. The fourth-order valence-electron chi connectivity index (χ4n) is 2.29. The highest BCUT2D eigenvalue weighted by Gasteiger charge is 2.18. The quantitative estimate of drug-likeness (QED) is 0.710. The van der Waals surface area contributed by atoms with Crippen LogP contribution in [0.1, 0.15) is 37.4 Å². The molecular weight excluding hydrogens is 256 g/mol. The van der Waals surface area contributed by atoms with Gasteiger partial charge in [0.1, 0.15) is 0 Å². The van der Waals surface area contributed by atoms with Gasteiger partial charge in [0, 0.05) is 18.8 Å². The number of carbonyl (C=O) groups is 1. The number of rotatable bonds is 5. The Morgan fingerprint density at radius 1 is 1.40 bits per heavy atom. The number of nitrogens with two attached hydrogens (primary N) is 1. The van der Waals surface area contributed by atoms with Gasteiger partial charge in [-0.05, 0) is 37.0 Å². The summed E-state index contributed by atoms with van der Waals surface area (Å²) in [5, 5.41) is 12.7. The lowest BCUT2D eigenvalue weighted by Crippen LogP contribution is -2.33. The summed E-state index contributed by atoms with van der Waals surface area (Å²) in [7, 11) is 0. The van der Waals surface area contributed by atoms with E-state index in [1.165, 1.54) is 0 Å². The summed E-state index contributed by atoms with van der Waals surface area (Å²) in [5.74, 6) is -0.0774. The Hall–Kier alpha value is -1.59. The van der Waals surface area contributed by atoms with Gasteiger partial charge in [-0.2, -0.15) is 0 Å². The number of carbonyl (C=O) groups excluding carboxylic acids is 1. The normalized spacial score (nSPS) is 20.4. The van der Waals surface area contributed by atoms with Gasteiger partial charge in [-0.1, -0.05) is 12.1 Å². The van der Waals surface area contributed by atoms with Crippen LogP contribution in [-0.4, -0.2) is 30.3 Å². The van der Waals surface area contributed by atoms with E-state index in [1.807, 2.05) is 0 Å². The van der Waals surface area contributed by atoms with Gasteiger partial charge in [0.15, 0.2) is 0 Å². The average molecular weight is 278 g/mol. The van der Waals surface area contributed by atoms with Gasteiger partial charge in [0.25, 0.3) is 0 Å². The van der Waals surface area contributed by atoms with Crippen molar-refractivity contribution in [2.75, 3.05) is 18.9 Å². The maximum absolute atomic E-state index is 11.8. The molecular formula is C15H22N2O3. The van der Waals surface area contributed by atoms with E-state index in [0.29, 0.717) is 12.1 Å². The van der Waals surface area contributed by atoms with Crippen molar-refractivity contribution in [2.45, 2.75) is 37.9 Å². The predicted molar refractivity (Wildman–Crippen MR) is 77.0 cm³/mol. The SMILES string of the molecule is Nc1ccc(C(O)CNC(=O)CC2CCCCO2)cc1. The molecule has 0 aliphatic carbocycles. The second-order valence-electron chi connectivity index (χ2n) is 5.18. The van der Waals surface area contributed by atoms with Crippen molar-refractivity contribution in [3.05, 3.63) is 29.8 Å². The second kappa shape index (κ2) is 7.26. The molecule has 1 heterocycles. The highest BCUT2D eigenvalue weighted by Crippen LogP contribution is 2.16. The summed E-state index contributed by atoms with van der Waals surface area (Å²) >= 11 is 0. The first-order valence-corrected chi connectivity index (χ1v) is 7.07. The van der Waals surface area contributed by atoms with Crippen LogP contribution in [0.25, 0.3) is 0 Å². The third-order valence-corrected chi connectivity index (χ3v) is 3.50.